The highest BCUT2D eigenvalue weighted by atomic mass is 35.5. The zero-order valence-electron chi connectivity index (χ0n) is 12.4. The highest BCUT2D eigenvalue weighted by molar-refractivity contribution is 7.08. The molecule has 1 fully saturated rings. The van der Waals surface area contributed by atoms with Gasteiger partial charge < -0.3 is 10.0 Å². The monoisotopic (exact) mass is 335 g/mol. The molecular formula is C17H18ClNO2S. The molecule has 22 heavy (non-hydrogen) atoms. The van der Waals surface area contributed by atoms with Gasteiger partial charge >= 0.3 is 0 Å². The third-order valence-corrected chi connectivity index (χ3v) is 5.53. The van der Waals surface area contributed by atoms with Crippen molar-refractivity contribution in [2.45, 2.75) is 25.4 Å². The lowest BCUT2D eigenvalue weighted by molar-refractivity contribution is -0.0210. The van der Waals surface area contributed by atoms with E-state index in [1.807, 2.05) is 40.8 Å². The molecule has 2 aromatic rings. The number of aryl methyl sites for hydroxylation is 1. The quantitative estimate of drug-likeness (QED) is 0.906. The summed E-state index contributed by atoms with van der Waals surface area (Å²) in [6.07, 6.45) is 1.01. The van der Waals surface area contributed by atoms with E-state index >= 15 is 0 Å². The molecule has 1 amide bonds. The summed E-state index contributed by atoms with van der Waals surface area (Å²) in [5, 5.41) is 15.3. The first-order chi connectivity index (χ1) is 10.5. The van der Waals surface area contributed by atoms with Crippen LogP contribution in [0.15, 0.2) is 35.0 Å². The first-order valence-corrected chi connectivity index (χ1v) is 8.63. The Bertz CT molecular complexity index is 689. The third kappa shape index (κ3) is 2.78. The fraction of sp³-hybridized carbons (Fsp3) is 0.353. The second-order valence-electron chi connectivity index (χ2n) is 5.77. The van der Waals surface area contributed by atoms with Crippen LogP contribution in [0, 0.1) is 6.92 Å². The molecule has 1 aliphatic heterocycles. The van der Waals surface area contributed by atoms with Gasteiger partial charge in [-0.05, 0) is 36.8 Å². The molecule has 0 radical (unpaired) electrons. The average Bonchev–Trinajstić information content (AvgIpc) is 2.94. The Morgan fingerprint density at radius 2 is 1.95 bits per heavy atom. The number of nitrogens with zero attached hydrogens (tertiary/aromatic N) is 1. The summed E-state index contributed by atoms with van der Waals surface area (Å²) in [5.74, 6) is 0.0555. The van der Waals surface area contributed by atoms with Crippen LogP contribution in [-0.2, 0) is 5.60 Å². The normalized spacial score (nSPS) is 17.5. The van der Waals surface area contributed by atoms with Crippen LogP contribution >= 0.6 is 22.9 Å². The highest BCUT2D eigenvalue weighted by Crippen LogP contribution is 2.37. The molecule has 3 rings (SSSR count). The van der Waals surface area contributed by atoms with Crippen molar-refractivity contribution >= 4 is 28.8 Å². The molecule has 0 atom stereocenters. The minimum atomic E-state index is -0.946. The number of benzene rings is 1. The number of carbonyl (C=O) groups excluding carboxylic acids is 1. The molecule has 1 aliphatic rings. The Morgan fingerprint density at radius 3 is 2.55 bits per heavy atom. The van der Waals surface area contributed by atoms with E-state index < -0.39 is 5.60 Å². The second kappa shape index (κ2) is 6.03. The number of amides is 1. The van der Waals surface area contributed by atoms with E-state index in [-0.39, 0.29) is 5.91 Å². The fourth-order valence-electron chi connectivity index (χ4n) is 2.94. The summed E-state index contributed by atoms with van der Waals surface area (Å²) >= 11 is 7.75. The summed E-state index contributed by atoms with van der Waals surface area (Å²) in [4.78, 5) is 14.3. The second-order valence-corrected chi connectivity index (χ2v) is 6.92. The zero-order chi connectivity index (χ0) is 15.7. The lowest BCUT2D eigenvalue weighted by Gasteiger charge is -2.39. The van der Waals surface area contributed by atoms with Gasteiger partial charge in [0, 0.05) is 29.1 Å². The third-order valence-electron chi connectivity index (χ3n) is 4.34. The van der Waals surface area contributed by atoms with Crippen LogP contribution in [-0.4, -0.2) is 29.0 Å². The van der Waals surface area contributed by atoms with Gasteiger partial charge in [0.15, 0.2) is 0 Å². The van der Waals surface area contributed by atoms with Crippen molar-refractivity contribution in [2.24, 2.45) is 0 Å². The van der Waals surface area contributed by atoms with E-state index in [9.17, 15) is 9.90 Å². The SMILES string of the molecule is Cc1cscc1C(=O)N1CCC(O)(c2ccccc2Cl)CC1. The lowest BCUT2D eigenvalue weighted by atomic mass is 9.84. The van der Waals surface area contributed by atoms with E-state index in [2.05, 4.69) is 0 Å². The number of halogens is 1. The van der Waals surface area contributed by atoms with Crippen LogP contribution in [0.4, 0.5) is 0 Å². The smallest absolute Gasteiger partial charge is 0.254 e. The number of likely N-dealkylation sites (tertiary alicyclic amines) is 1. The van der Waals surface area contributed by atoms with Crippen LogP contribution in [0.3, 0.4) is 0 Å². The molecular weight excluding hydrogens is 318 g/mol. The van der Waals surface area contributed by atoms with E-state index in [0.717, 1.165) is 16.7 Å². The molecule has 1 N–H and O–H groups in total. The molecule has 1 aromatic heterocycles. The van der Waals surface area contributed by atoms with Gasteiger partial charge in [-0.2, -0.15) is 11.3 Å². The summed E-state index contributed by atoms with van der Waals surface area (Å²) in [7, 11) is 0. The molecule has 2 heterocycles. The maximum atomic E-state index is 12.5. The van der Waals surface area contributed by atoms with Crippen molar-refractivity contribution in [1.82, 2.24) is 4.90 Å². The topological polar surface area (TPSA) is 40.5 Å². The first-order valence-electron chi connectivity index (χ1n) is 7.31. The summed E-state index contributed by atoms with van der Waals surface area (Å²) in [6, 6.07) is 7.39. The van der Waals surface area contributed by atoms with Crippen molar-refractivity contribution in [3.05, 3.63) is 56.7 Å². The minimum absolute atomic E-state index is 0.0555. The Hall–Kier alpha value is -1.36. The summed E-state index contributed by atoms with van der Waals surface area (Å²) in [5.41, 5.74) is 1.60. The number of thiophene rings is 1. The molecule has 0 aliphatic carbocycles. The Labute approximate surface area is 139 Å². The number of aliphatic hydroxyl groups is 1. The van der Waals surface area contributed by atoms with Crippen LogP contribution in [0.5, 0.6) is 0 Å². The Morgan fingerprint density at radius 1 is 1.27 bits per heavy atom. The number of hydrogen-bond donors (Lipinski definition) is 1. The largest absolute Gasteiger partial charge is 0.385 e. The molecule has 1 aromatic carbocycles. The Kier molecular flexibility index (Phi) is 4.26. The first kappa shape index (κ1) is 15.5. The van der Waals surface area contributed by atoms with Gasteiger partial charge in [-0.15, -0.1) is 0 Å². The van der Waals surface area contributed by atoms with E-state index in [0.29, 0.717) is 31.0 Å². The number of hydrogen-bond acceptors (Lipinski definition) is 3. The van der Waals surface area contributed by atoms with Crippen molar-refractivity contribution < 1.29 is 9.90 Å². The van der Waals surface area contributed by atoms with Crippen molar-refractivity contribution in [3.8, 4) is 0 Å². The number of rotatable bonds is 2. The number of piperidine rings is 1. The Balaban J connectivity index is 1.74. The fourth-order valence-corrected chi connectivity index (χ4v) is 4.07. The van der Waals surface area contributed by atoms with E-state index in [1.54, 1.807) is 17.4 Å². The average molecular weight is 336 g/mol. The standard InChI is InChI=1S/C17H18ClNO2S/c1-12-10-22-11-13(12)16(20)19-8-6-17(21,7-9-19)14-4-2-3-5-15(14)18/h2-5,10-11,21H,6-9H2,1H3. The van der Waals surface area contributed by atoms with Gasteiger partial charge in [-0.1, -0.05) is 29.8 Å². The molecule has 0 unspecified atom stereocenters. The molecule has 0 bridgehead atoms. The van der Waals surface area contributed by atoms with Gasteiger partial charge in [0.1, 0.15) is 0 Å². The predicted octanol–water partition coefficient (Wildman–Crippen LogP) is 3.83. The molecule has 116 valence electrons. The van der Waals surface area contributed by atoms with E-state index in [1.165, 1.54) is 0 Å². The lowest BCUT2D eigenvalue weighted by Crippen LogP contribution is -2.45. The summed E-state index contributed by atoms with van der Waals surface area (Å²) < 4.78 is 0. The van der Waals surface area contributed by atoms with Crippen LogP contribution < -0.4 is 0 Å². The molecule has 3 nitrogen and oxygen atoms in total. The molecule has 0 saturated carbocycles. The van der Waals surface area contributed by atoms with Gasteiger partial charge in [0.2, 0.25) is 0 Å². The van der Waals surface area contributed by atoms with E-state index in [4.69, 9.17) is 11.6 Å². The predicted molar refractivity (Wildman–Crippen MR) is 89.5 cm³/mol. The van der Waals surface area contributed by atoms with Crippen molar-refractivity contribution in [2.75, 3.05) is 13.1 Å². The van der Waals surface area contributed by atoms with Crippen LogP contribution in [0.1, 0.15) is 34.3 Å². The van der Waals surface area contributed by atoms with Crippen LogP contribution in [0.2, 0.25) is 5.02 Å². The molecule has 0 spiro atoms. The minimum Gasteiger partial charge on any atom is -0.385 e. The van der Waals surface area contributed by atoms with Gasteiger partial charge in [0.05, 0.1) is 11.2 Å². The number of carbonyl (C=O) groups is 1. The molecule has 1 saturated heterocycles. The maximum absolute atomic E-state index is 12.5. The van der Waals surface area contributed by atoms with Gasteiger partial charge in [-0.25, -0.2) is 0 Å². The van der Waals surface area contributed by atoms with Gasteiger partial charge in [-0.3, -0.25) is 4.79 Å². The molecule has 5 heteroatoms. The highest BCUT2D eigenvalue weighted by Gasteiger charge is 2.37. The maximum Gasteiger partial charge on any atom is 0.254 e. The van der Waals surface area contributed by atoms with Crippen molar-refractivity contribution in [3.63, 3.8) is 0 Å². The zero-order valence-corrected chi connectivity index (χ0v) is 14.0. The van der Waals surface area contributed by atoms with Crippen molar-refractivity contribution in [1.29, 1.82) is 0 Å². The van der Waals surface area contributed by atoms with Crippen LogP contribution in [0.25, 0.3) is 0 Å². The van der Waals surface area contributed by atoms with Gasteiger partial charge in [0.25, 0.3) is 5.91 Å². The summed E-state index contributed by atoms with van der Waals surface area (Å²) in [6.45, 7) is 3.03.